The molecule has 0 spiro atoms. The minimum absolute atomic E-state index is 0.274. The largest absolute Gasteiger partial charge is 0.359 e. The number of fused-ring (bicyclic) bond motifs is 1. The zero-order chi connectivity index (χ0) is 12.8. The van der Waals surface area contributed by atoms with Crippen LogP contribution in [0, 0.1) is 6.92 Å². The highest BCUT2D eigenvalue weighted by molar-refractivity contribution is 7.91. The number of hydrogen-bond donors (Lipinski definition) is 0. The summed E-state index contributed by atoms with van der Waals surface area (Å²) in [6.07, 6.45) is 0.662. The summed E-state index contributed by atoms with van der Waals surface area (Å²) in [5.74, 6) is 0.666. The quantitative estimate of drug-likeness (QED) is 0.843. The van der Waals surface area contributed by atoms with Gasteiger partial charge in [0, 0.05) is 12.1 Å². The third-order valence-corrected chi connectivity index (χ3v) is 6.30. The van der Waals surface area contributed by atoms with Gasteiger partial charge < -0.3 is 4.52 Å². The lowest BCUT2D eigenvalue weighted by molar-refractivity contribution is 0.307. The highest BCUT2D eigenvalue weighted by Gasteiger charge is 2.31. The lowest BCUT2D eigenvalue weighted by atomic mass is 10.1. The molecule has 0 atom stereocenters. The van der Waals surface area contributed by atoms with Crippen LogP contribution in [-0.2, 0) is 23.0 Å². The van der Waals surface area contributed by atoms with Gasteiger partial charge in [-0.15, -0.1) is 11.3 Å². The topological polar surface area (TPSA) is 63.4 Å². The van der Waals surface area contributed by atoms with E-state index in [0.29, 0.717) is 22.9 Å². The predicted octanol–water partition coefficient (Wildman–Crippen LogP) is 1.79. The molecule has 5 nitrogen and oxygen atoms in total. The van der Waals surface area contributed by atoms with E-state index in [-0.39, 0.29) is 6.54 Å². The van der Waals surface area contributed by atoms with Crippen LogP contribution in [0.1, 0.15) is 17.0 Å². The molecule has 2 aromatic rings. The second-order valence-electron chi connectivity index (χ2n) is 4.19. The van der Waals surface area contributed by atoms with Gasteiger partial charge in [-0.1, -0.05) is 11.2 Å². The van der Waals surface area contributed by atoms with Gasteiger partial charge in [0.2, 0.25) is 0 Å². The number of hydrogen-bond acceptors (Lipinski definition) is 5. The first-order valence-corrected chi connectivity index (χ1v) is 7.88. The fourth-order valence-electron chi connectivity index (χ4n) is 2.10. The van der Waals surface area contributed by atoms with Crippen molar-refractivity contribution in [3.63, 3.8) is 0 Å². The molecule has 3 rings (SSSR count). The molecule has 0 radical (unpaired) electrons. The average Bonchev–Trinajstić information content (AvgIpc) is 2.99. The number of nitrogens with zero attached hydrogens (tertiary/aromatic N) is 2. The van der Waals surface area contributed by atoms with Crippen molar-refractivity contribution in [2.24, 2.45) is 0 Å². The van der Waals surface area contributed by atoms with E-state index in [1.54, 1.807) is 17.5 Å². The number of sulfonamides is 1. The molecule has 96 valence electrons. The minimum Gasteiger partial charge on any atom is -0.359 e. The molecule has 0 amide bonds. The van der Waals surface area contributed by atoms with Crippen molar-refractivity contribution in [2.75, 3.05) is 6.54 Å². The fourth-order valence-corrected chi connectivity index (χ4v) is 4.64. The van der Waals surface area contributed by atoms with Crippen LogP contribution in [0.2, 0.25) is 0 Å². The first-order chi connectivity index (χ1) is 8.59. The first kappa shape index (κ1) is 11.9. The lowest BCUT2D eigenvalue weighted by Gasteiger charge is -2.24. The number of aromatic nitrogens is 1. The highest BCUT2D eigenvalue weighted by Crippen LogP contribution is 2.28. The smallest absolute Gasteiger partial charge is 0.252 e. The van der Waals surface area contributed by atoms with Crippen LogP contribution in [0.25, 0.3) is 0 Å². The van der Waals surface area contributed by atoms with E-state index in [4.69, 9.17) is 4.52 Å². The van der Waals surface area contributed by atoms with Crippen molar-refractivity contribution < 1.29 is 12.9 Å². The van der Waals surface area contributed by atoms with Gasteiger partial charge in [0.05, 0.1) is 12.2 Å². The van der Waals surface area contributed by atoms with E-state index in [2.05, 4.69) is 5.16 Å². The summed E-state index contributed by atoms with van der Waals surface area (Å²) >= 11 is 1.23. The molecule has 0 bridgehead atoms. The third-order valence-electron chi connectivity index (χ3n) is 3.09. The SMILES string of the molecule is Cc1noc2c1CCN(S(=O)(=O)c1cccs1)C2. The number of thiophene rings is 1. The van der Waals surface area contributed by atoms with E-state index in [0.717, 1.165) is 11.3 Å². The Labute approximate surface area is 109 Å². The van der Waals surface area contributed by atoms with Crippen LogP contribution in [0.5, 0.6) is 0 Å². The van der Waals surface area contributed by atoms with Crippen LogP contribution in [0.15, 0.2) is 26.2 Å². The second-order valence-corrected chi connectivity index (χ2v) is 7.30. The van der Waals surface area contributed by atoms with Gasteiger partial charge in [0.15, 0.2) is 5.76 Å². The first-order valence-electron chi connectivity index (χ1n) is 5.57. The van der Waals surface area contributed by atoms with Gasteiger partial charge in [-0.05, 0) is 24.8 Å². The van der Waals surface area contributed by atoms with Gasteiger partial charge in [0.1, 0.15) is 4.21 Å². The van der Waals surface area contributed by atoms with Gasteiger partial charge in [0.25, 0.3) is 10.0 Å². The van der Waals surface area contributed by atoms with Crippen molar-refractivity contribution in [2.45, 2.75) is 24.1 Å². The Bertz CT molecular complexity index is 659. The fraction of sp³-hybridized carbons (Fsp3) is 0.364. The van der Waals surface area contributed by atoms with Gasteiger partial charge in [-0.25, -0.2) is 8.42 Å². The van der Waals surface area contributed by atoms with Crippen LogP contribution >= 0.6 is 11.3 Å². The summed E-state index contributed by atoms with van der Waals surface area (Å²) in [5, 5.41) is 5.65. The molecule has 1 aliphatic heterocycles. The molecule has 0 N–H and O–H groups in total. The molecule has 0 fully saturated rings. The maximum absolute atomic E-state index is 12.3. The van der Waals surface area contributed by atoms with E-state index < -0.39 is 10.0 Å². The normalized spacial score (nSPS) is 16.7. The average molecular weight is 284 g/mol. The molecule has 0 aromatic carbocycles. The molecule has 0 saturated heterocycles. The highest BCUT2D eigenvalue weighted by atomic mass is 32.2. The van der Waals surface area contributed by atoms with Crippen LogP contribution < -0.4 is 0 Å². The molecular formula is C11H12N2O3S2. The zero-order valence-electron chi connectivity index (χ0n) is 9.79. The summed E-state index contributed by atoms with van der Waals surface area (Å²) in [7, 11) is -3.39. The Balaban J connectivity index is 1.93. The van der Waals surface area contributed by atoms with Crippen LogP contribution in [0.3, 0.4) is 0 Å². The molecule has 3 heterocycles. The molecule has 0 saturated carbocycles. The Hall–Kier alpha value is -1.18. The van der Waals surface area contributed by atoms with Crippen molar-refractivity contribution >= 4 is 21.4 Å². The predicted molar refractivity (Wildman–Crippen MR) is 66.9 cm³/mol. The summed E-state index contributed by atoms with van der Waals surface area (Å²) in [4.78, 5) is 0. The van der Waals surface area contributed by atoms with Gasteiger partial charge in [-0.3, -0.25) is 0 Å². The standard InChI is InChI=1S/C11H12N2O3S2/c1-8-9-4-5-13(7-10(9)16-12-8)18(14,15)11-3-2-6-17-11/h2-3,6H,4-5,7H2,1H3. The third kappa shape index (κ3) is 1.79. The van der Waals surface area contributed by atoms with Crippen LogP contribution in [-0.4, -0.2) is 24.4 Å². The molecular weight excluding hydrogens is 272 g/mol. The van der Waals surface area contributed by atoms with E-state index in [1.165, 1.54) is 15.6 Å². The van der Waals surface area contributed by atoms with Crippen molar-refractivity contribution in [1.82, 2.24) is 9.46 Å². The Morgan fingerprint density at radius 3 is 3.06 bits per heavy atom. The molecule has 7 heteroatoms. The van der Waals surface area contributed by atoms with Crippen molar-refractivity contribution in [3.8, 4) is 0 Å². The zero-order valence-corrected chi connectivity index (χ0v) is 11.4. The van der Waals surface area contributed by atoms with E-state index in [1.807, 2.05) is 6.92 Å². The summed E-state index contributed by atoms with van der Waals surface area (Å²) in [6, 6.07) is 3.37. The Morgan fingerprint density at radius 2 is 2.33 bits per heavy atom. The maximum atomic E-state index is 12.3. The number of rotatable bonds is 2. The van der Waals surface area contributed by atoms with E-state index in [9.17, 15) is 8.42 Å². The molecule has 18 heavy (non-hydrogen) atoms. The molecule has 0 aliphatic carbocycles. The van der Waals surface area contributed by atoms with Gasteiger partial charge in [-0.2, -0.15) is 4.31 Å². The Morgan fingerprint density at radius 1 is 1.50 bits per heavy atom. The van der Waals surface area contributed by atoms with E-state index >= 15 is 0 Å². The summed E-state index contributed by atoms with van der Waals surface area (Å²) in [5.41, 5.74) is 1.91. The van der Waals surface area contributed by atoms with Crippen molar-refractivity contribution in [1.29, 1.82) is 0 Å². The minimum atomic E-state index is -3.39. The molecule has 0 unspecified atom stereocenters. The molecule has 1 aliphatic rings. The maximum Gasteiger partial charge on any atom is 0.252 e. The molecule has 2 aromatic heterocycles. The Kier molecular flexibility index (Phi) is 2.76. The number of aryl methyl sites for hydroxylation is 1. The summed E-state index contributed by atoms with van der Waals surface area (Å²) < 4.78 is 31.7. The lowest BCUT2D eigenvalue weighted by Crippen LogP contribution is -2.35. The van der Waals surface area contributed by atoms with Crippen LogP contribution in [0.4, 0.5) is 0 Å². The van der Waals surface area contributed by atoms with Gasteiger partial charge >= 0.3 is 0 Å². The second kappa shape index (κ2) is 4.18. The monoisotopic (exact) mass is 284 g/mol. The summed E-state index contributed by atoms with van der Waals surface area (Å²) in [6.45, 7) is 2.64. The van der Waals surface area contributed by atoms with Crippen molar-refractivity contribution in [3.05, 3.63) is 34.5 Å².